The minimum Gasteiger partial charge on any atom is -0.381 e. The molecule has 1 unspecified atom stereocenters. The van der Waals surface area contributed by atoms with Crippen LogP contribution in [0.25, 0.3) is 0 Å². The average Bonchev–Trinajstić information content (AvgIpc) is 2.28. The zero-order valence-electron chi connectivity index (χ0n) is 10.2. The van der Waals surface area contributed by atoms with Gasteiger partial charge in [0.05, 0.1) is 11.0 Å². The number of sulfone groups is 1. The van der Waals surface area contributed by atoms with Crippen LogP contribution in [-0.4, -0.2) is 45.2 Å². The van der Waals surface area contributed by atoms with E-state index in [-0.39, 0.29) is 11.3 Å². The van der Waals surface area contributed by atoms with E-state index in [1.807, 2.05) is 13.8 Å². The van der Waals surface area contributed by atoms with Crippen LogP contribution in [0.2, 0.25) is 0 Å². The molecule has 1 N–H and O–H groups in total. The second-order valence-electron chi connectivity index (χ2n) is 4.43. The van der Waals surface area contributed by atoms with Crippen molar-refractivity contribution in [2.75, 3.05) is 25.5 Å². The van der Waals surface area contributed by atoms with Crippen molar-refractivity contribution >= 4 is 9.84 Å². The molecule has 0 aromatic rings. The Morgan fingerprint density at radius 2 is 2.00 bits per heavy atom. The maximum atomic E-state index is 12.0. The van der Waals surface area contributed by atoms with E-state index in [9.17, 15) is 8.42 Å². The summed E-state index contributed by atoms with van der Waals surface area (Å²) in [4.78, 5) is 0. The van der Waals surface area contributed by atoms with Crippen LogP contribution in [0.1, 0.15) is 33.1 Å². The first-order chi connectivity index (χ1) is 7.56. The summed E-state index contributed by atoms with van der Waals surface area (Å²) in [6.45, 7) is 6.13. The van der Waals surface area contributed by atoms with Crippen LogP contribution in [0.5, 0.6) is 0 Å². The minimum absolute atomic E-state index is 0.171. The molecule has 1 aliphatic rings. The van der Waals surface area contributed by atoms with E-state index >= 15 is 0 Å². The third kappa shape index (κ3) is 4.39. The Balaban J connectivity index is 2.38. The van der Waals surface area contributed by atoms with E-state index in [0.29, 0.717) is 38.2 Å². The Morgan fingerprint density at radius 1 is 1.38 bits per heavy atom. The van der Waals surface area contributed by atoms with E-state index in [1.165, 1.54) is 0 Å². The summed E-state index contributed by atoms with van der Waals surface area (Å²) in [7, 11) is -2.92. The summed E-state index contributed by atoms with van der Waals surface area (Å²) >= 11 is 0. The van der Waals surface area contributed by atoms with Crippen molar-refractivity contribution in [1.29, 1.82) is 0 Å². The lowest BCUT2D eigenvalue weighted by atomic mass is 10.2. The summed E-state index contributed by atoms with van der Waals surface area (Å²) in [6, 6.07) is 0.277. The molecule has 1 rings (SSSR count). The molecule has 1 heterocycles. The molecule has 16 heavy (non-hydrogen) atoms. The fourth-order valence-corrected chi connectivity index (χ4v) is 3.92. The number of hydrogen-bond acceptors (Lipinski definition) is 4. The Morgan fingerprint density at radius 3 is 2.56 bits per heavy atom. The molecule has 1 saturated heterocycles. The van der Waals surface area contributed by atoms with Gasteiger partial charge in [0.25, 0.3) is 0 Å². The van der Waals surface area contributed by atoms with Crippen LogP contribution in [0.15, 0.2) is 0 Å². The molecular weight excluding hydrogens is 226 g/mol. The van der Waals surface area contributed by atoms with Gasteiger partial charge in [0.2, 0.25) is 0 Å². The number of hydrogen-bond donors (Lipinski definition) is 1. The molecule has 1 fully saturated rings. The predicted octanol–water partition coefficient (Wildman–Crippen LogP) is 0.968. The van der Waals surface area contributed by atoms with Crippen LogP contribution < -0.4 is 5.32 Å². The van der Waals surface area contributed by atoms with Crippen LogP contribution in [-0.2, 0) is 14.6 Å². The van der Waals surface area contributed by atoms with Crippen LogP contribution >= 0.6 is 0 Å². The van der Waals surface area contributed by atoms with Gasteiger partial charge >= 0.3 is 0 Å². The summed E-state index contributed by atoms with van der Waals surface area (Å²) in [5.41, 5.74) is 0. The molecule has 5 heteroatoms. The zero-order chi connectivity index (χ0) is 12.0. The third-order valence-electron chi connectivity index (χ3n) is 3.06. The Bertz CT molecular complexity index is 284. The smallest absolute Gasteiger partial charge is 0.153 e. The van der Waals surface area contributed by atoms with Crippen molar-refractivity contribution in [1.82, 2.24) is 5.32 Å². The Hall–Kier alpha value is -0.130. The normalized spacial score (nSPS) is 20.9. The highest BCUT2D eigenvalue weighted by atomic mass is 32.2. The monoisotopic (exact) mass is 249 g/mol. The standard InChI is InChI=1S/C11H23NO3S/c1-3-12-10(2)6-9-16(13,14)11-4-7-15-8-5-11/h10-12H,3-9H2,1-2H3. The number of rotatable bonds is 6. The molecule has 0 saturated carbocycles. The lowest BCUT2D eigenvalue weighted by Crippen LogP contribution is -2.34. The molecule has 0 spiro atoms. The van der Waals surface area contributed by atoms with Crippen molar-refractivity contribution in [2.24, 2.45) is 0 Å². The summed E-state index contributed by atoms with van der Waals surface area (Å²) < 4.78 is 29.2. The third-order valence-corrected chi connectivity index (χ3v) is 5.36. The zero-order valence-corrected chi connectivity index (χ0v) is 11.1. The highest BCUT2D eigenvalue weighted by Crippen LogP contribution is 2.17. The number of nitrogens with one attached hydrogen (secondary N) is 1. The van der Waals surface area contributed by atoms with Crippen LogP contribution in [0, 0.1) is 0 Å². The highest BCUT2D eigenvalue weighted by Gasteiger charge is 2.27. The fraction of sp³-hybridized carbons (Fsp3) is 1.00. The first kappa shape index (κ1) is 13.9. The van der Waals surface area contributed by atoms with Gasteiger partial charge < -0.3 is 10.1 Å². The van der Waals surface area contributed by atoms with Crippen molar-refractivity contribution in [2.45, 2.75) is 44.4 Å². The summed E-state index contributed by atoms with van der Waals surface area (Å²) in [6.07, 6.45) is 2.03. The lowest BCUT2D eigenvalue weighted by molar-refractivity contribution is 0.0983. The van der Waals surface area contributed by atoms with Crippen molar-refractivity contribution < 1.29 is 13.2 Å². The first-order valence-electron chi connectivity index (χ1n) is 6.09. The van der Waals surface area contributed by atoms with Gasteiger partial charge in [0.15, 0.2) is 9.84 Å². The first-order valence-corrected chi connectivity index (χ1v) is 7.80. The SMILES string of the molecule is CCNC(C)CCS(=O)(=O)C1CCOCC1. The van der Waals surface area contributed by atoms with Crippen molar-refractivity contribution in [3.8, 4) is 0 Å². The molecule has 1 aliphatic heterocycles. The van der Waals surface area contributed by atoms with Gasteiger partial charge in [-0.15, -0.1) is 0 Å². The molecule has 1 atom stereocenters. The Kier molecular flexibility index (Phi) is 5.72. The molecule has 4 nitrogen and oxygen atoms in total. The number of ether oxygens (including phenoxy) is 1. The second kappa shape index (κ2) is 6.57. The topological polar surface area (TPSA) is 55.4 Å². The van der Waals surface area contributed by atoms with Crippen LogP contribution in [0.3, 0.4) is 0 Å². The minimum atomic E-state index is -2.92. The van der Waals surface area contributed by atoms with Gasteiger partial charge in [0, 0.05) is 19.3 Å². The Labute approximate surface area is 98.7 Å². The maximum Gasteiger partial charge on any atom is 0.153 e. The molecule has 0 amide bonds. The molecule has 0 aromatic carbocycles. The van der Waals surface area contributed by atoms with Gasteiger partial charge in [-0.1, -0.05) is 6.92 Å². The van der Waals surface area contributed by atoms with Gasteiger partial charge in [-0.25, -0.2) is 8.42 Å². The van der Waals surface area contributed by atoms with Crippen molar-refractivity contribution in [3.05, 3.63) is 0 Å². The lowest BCUT2D eigenvalue weighted by Gasteiger charge is -2.23. The molecule has 0 aliphatic carbocycles. The van der Waals surface area contributed by atoms with Gasteiger partial charge in [-0.05, 0) is 32.7 Å². The van der Waals surface area contributed by atoms with Crippen LogP contribution in [0.4, 0.5) is 0 Å². The van der Waals surface area contributed by atoms with Gasteiger partial charge in [-0.2, -0.15) is 0 Å². The highest BCUT2D eigenvalue weighted by molar-refractivity contribution is 7.92. The molecular formula is C11H23NO3S. The summed E-state index contributed by atoms with van der Waals surface area (Å²) in [5.74, 6) is 0.297. The van der Waals surface area contributed by atoms with E-state index in [4.69, 9.17) is 4.74 Å². The molecule has 0 radical (unpaired) electrons. The van der Waals surface area contributed by atoms with E-state index in [0.717, 1.165) is 6.54 Å². The predicted molar refractivity (Wildman–Crippen MR) is 65.4 cm³/mol. The molecule has 0 bridgehead atoms. The second-order valence-corrected chi connectivity index (χ2v) is 6.83. The maximum absolute atomic E-state index is 12.0. The van der Waals surface area contributed by atoms with E-state index in [2.05, 4.69) is 5.32 Å². The quantitative estimate of drug-likeness (QED) is 0.762. The van der Waals surface area contributed by atoms with E-state index < -0.39 is 9.84 Å². The fourth-order valence-electron chi connectivity index (χ4n) is 1.99. The molecule has 96 valence electrons. The molecule has 0 aromatic heterocycles. The van der Waals surface area contributed by atoms with Gasteiger partial charge in [0.1, 0.15) is 0 Å². The average molecular weight is 249 g/mol. The van der Waals surface area contributed by atoms with Crippen molar-refractivity contribution in [3.63, 3.8) is 0 Å². The van der Waals surface area contributed by atoms with Gasteiger partial charge in [-0.3, -0.25) is 0 Å². The largest absolute Gasteiger partial charge is 0.381 e. The summed E-state index contributed by atoms with van der Waals surface area (Å²) in [5, 5.41) is 3.06. The van der Waals surface area contributed by atoms with E-state index in [1.54, 1.807) is 0 Å².